The van der Waals surface area contributed by atoms with Crippen LogP contribution < -0.4 is 14.4 Å². The summed E-state index contributed by atoms with van der Waals surface area (Å²) in [5, 5.41) is 7.71. The number of carbonyl (C=O) groups is 2. The lowest BCUT2D eigenvalue weighted by Crippen LogP contribution is -2.37. The van der Waals surface area contributed by atoms with Crippen LogP contribution in [-0.2, 0) is 9.59 Å². The minimum Gasteiger partial charge on any atom is -0.497 e. The van der Waals surface area contributed by atoms with Gasteiger partial charge in [0.2, 0.25) is 17.7 Å². The summed E-state index contributed by atoms with van der Waals surface area (Å²) in [6.07, 6.45) is 2.46. The highest BCUT2D eigenvalue weighted by molar-refractivity contribution is 6.00. The highest BCUT2D eigenvalue weighted by Crippen LogP contribution is 2.29. The van der Waals surface area contributed by atoms with Crippen molar-refractivity contribution in [1.29, 1.82) is 0 Å². The molecule has 0 aliphatic carbocycles. The van der Waals surface area contributed by atoms with Crippen LogP contribution in [-0.4, -0.2) is 59.8 Å². The van der Waals surface area contributed by atoms with E-state index in [2.05, 4.69) is 10.2 Å². The maximum atomic E-state index is 12.9. The first kappa shape index (κ1) is 18.2. The minimum atomic E-state index is -0.329. The topological polar surface area (TPSA) is 84.9 Å². The molecule has 2 unspecified atom stereocenters. The van der Waals surface area contributed by atoms with Crippen LogP contribution >= 0.6 is 0 Å². The molecule has 2 atom stereocenters. The van der Waals surface area contributed by atoms with E-state index in [9.17, 15) is 9.59 Å². The Kier molecular flexibility index (Phi) is 5.10. The fourth-order valence-electron chi connectivity index (χ4n) is 3.69. The van der Waals surface area contributed by atoms with Gasteiger partial charge < -0.3 is 19.3 Å². The monoisotopic (exact) mass is 382 g/mol. The fourth-order valence-corrected chi connectivity index (χ4v) is 3.69. The second-order valence-electron chi connectivity index (χ2n) is 6.98. The maximum absolute atomic E-state index is 12.9. The molecular formula is C20H22N4O4. The van der Waals surface area contributed by atoms with Crippen molar-refractivity contribution in [2.45, 2.75) is 18.9 Å². The number of methoxy groups -OCH3 is 1. The van der Waals surface area contributed by atoms with E-state index >= 15 is 0 Å². The van der Waals surface area contributed by atoms with Crippen LogP contribution in [0.1, 0.15) is 12.8 Å². The van der Waals surface area contributed by atoms with E-state index < -0.39 is 0 Å². The molecule has 146 valence electrons. The quantitative estimate of drug-likeness (QED) is 0.780. The molecule has 0 radical (unpaired) electrons. The number of ether oxygens (including phenoxy) is 2. The van der Waals surface area contributed by atoms with Gasteiger partial charge in [-0.1, -0.05) is 0 Å². The largest absolute Gasteiger partial charge is 0.497 e. The number of anilines is 1. The molecule has 2 amide bonds. The van der Waals surface area contributed by atoms with Crippen molar-refractivity contribution >= 4 is 17.5 Å². The zero-order chi connectivity index (χ0) is 19.5. The van der Waals surface area contributed by atoms with Gasteiger partial charge in [-0.25, -0.2) is 0 Å². The summed E-state index contributed by atoms with van der Waals surface area (Å²) in [6.45, 7) is 1.52. The first-order valence-corrected chi connectivity index (χ1v) is 9.31. The Morgan fingerprint density at radius 1 is 1.18 bits per heavy atom. The van der Waals surface area contributed by atoms with Crippen LogP contribution in [0.15, 0.2) is 42.6 Å². The molecule has 1 aromatic carbocycles. The van der Waals surface area contributed by atoms with Crippen molar-refractivity contribution in [3.05, 3.63) is 42.6 Å². The molecule has 4 rings (SSSR count). The molecule has 2 aliphatic heterocycles. The summed E-state index contributed by atoms with van der Waals surface area (Å²) >= 11 is 0. The summed E-state index contributed by atoms with van der Waals surface area (Å²) < 4.78 is 10.9. The molecule has 2 saturated heterocycles. The Labute approximate surface area is 163 Å². The lowest BCUT2D eigenvalue weighted by atomic mass is 10.1. The van der Waals surface area contributed by atoms with Gasteiger partial charge in [0, 0.05) is 43.9 Å². The fraction of sp³-hybridized carbons (Fsp3) is 0.400. The van der Waals surface area contributed by atoms with Gasteiger partial charge >= 0.3 is 0 Å². The third kappa shape index (κ3) is 3.76. The van der Waals surface area contributed by atoms with Crippen LogP contribution in [0.25, 0.3) is 0 Å². The van der Waals surface area contributed by atoms with Crippen molar-refractivity contribution in [2.75, 3.05) is 31.6 Å². The van der Waals surface area contributed by atoms with Gasteiger partial charge in [0.1, 0.15) is 11.9 Å². The standard InChI is InChI=1S/C20H22N4O4/c1-27-16-6-4-15(5-7-16)24-12-14(11-19(24)25)20(26)23-10-8-17(13-23)28-18-3-2-9-21-22-18/h2-7,9,14,17H,8,10-13H2,1H3. The number of aromatic nitrogens is 2. The number of rotatable bonds is 5. The Balaban J connectivity index is 1.35. The normalized spacial score (nSPS) is 21.8. The van der Waals surface area contributed by atoms with E-state index in [1.807, 2.05) is 24.3 Å². The summed E-state index contributed by atoms with van der Waals surface area (Å²) in [5.74, 6) is 0.840. The van der Waals surface area contributed by atoms with Crippen LogP contribution in [0.4, 0.5) is 5.69 Å². The number of benzene rings is 1. The first-order valence-electron chi connectivity index (χ1n) is 9.31. The highest BCUT2D eigenvalue weighted by atomic mass is 16.5. The molecular weight excluding hydrogens is 360 g/mol. The molecule has 3 heterocycles. The van der Waals surface area contributed by atoms with Crippen LogP contribution in [0.2, 0.25) is 0 Å². The van der Waals surface area contributed by atoms with Crippen molar-refractivity contribution in [3.8, 4) is 11.6 Å². The number of likely N-dealkylation sites (tertiary alicyclic amines) is 1. The van der Waals surface area contributed by atoms with Gasteiger partial charge in [0.25, 0.3) is 0 Å². The predicted octanol–water partition coefficient (Wildman–Crippen LogP) is 1.52. The number of amides is 2. The van der Waals surface area contributed by atoms with Crippen LogP contribution in [0.3, 0.4) is 0 Å². The summed E-state index contributed by atoms with van der Waals surface area (Å²) in [5.41, 5.74) is 0.784. The van der Waals surface area contributed by atoms with E-state index in [1.54, 1.807) is 35.2 Å². The van der Waals surface area contributed by atoms with Crippen molar-refractivity contribution in [3.63, 3.8) is 0 Å². The van der Waals surface area contributed by atoms with Gasteiger partial charge in [-0.15, -0.1) is 5.10 Å². The zero-order valence-electron chi connectivity index (χ0n) is 15.7. The molecule has 2 aliphatic rings. The summed E-state index contributed by atoms with van der Waals surface area (Å²) in [7, 11) is 1.60. The molecule has 2 fully saturated rings. The van der Waals surface area contributed by atoms with Gasteiger partial charge in [0.15, 0.2) is 0 Å². The lowest BCUT2D eigenvalue weighted by Gasteiger charge is -2.21. The third-order valence-electron chi connectivity index (χ3n) is 5.15. The summed E-state index contributed by atoms with van der Waals surface area (Å²) in [6, 6.07) is 10.8. The van der Waals surface area contributed by atoms with Gasteiger partial charge in [-0.3, -0.25) is 9.59 Å². The Morgan fingerprint density at radius 3 is 2.71 bits per heavy atom. The Bertz CT molecular complexity index is 843. The van der Waals surface area contributed by atoms with E-state index in [1.165, 1.54) is 0 Å². The van der Waals surface area contributed by atoms with Gasteiger partial charge in [-0.05, 0) is 30.3 Å². The Hall–Kier alpha value is -3.16. The molecule has 28 heavy (non-hydrogen) atoms. The molecule has 0 saturated carbocycles. The molecule has 0 N–H and O–H groups in total. The predicted molar refractivity (Wildman–Crippen MR) is 101 cm³/mol. The van der Waals surface area contributed by atoms with E-state index in [-0.39, 0.29) is 30.3 Å². The van der Waals surface area contributed by atoms with Crippen molar-refractivity contribution in [1.82, 2.24) is 15.1 Å². The van der Waals surface area contributed by atoms with E-state index in [0.29, 0.717) is 25.5 Å². The SMILES string of the molecule is COc1ccc(N2CC(C(=O)N3CCC(Oc4cccnn4)C3)CC2=O)cc1. The van der Waals surface area contributed by atoms with Gasteiger partial charge in [-0.2, -0.15) is 5.10 Å². The van der Waals surface area contributed by atoms with E-state index in [0.717, 1.165) is 17.9 Å². The lowest BCUT2D eigenvalue weighted by molar-refractivity contribution is -0.135. The molecule has 0 bridgehead atoms. The molecule has 2 aromatic rings. The number of hydrogen-bond donors (Lipinski definition) is 0. The molecule has 8 heteroatoms. The molecule has 8 nitrogen and oxygen atoms in total. The smallest absolute Gasteiger partial charge is 0.233 e. The van der Waals surface area contributed by atoms with Crippen molar-refractivity contribution < 1.29 is 19.1 Å². The van der Waals surface area contributed by atoms with Crippen molar-refractivity contribution in [2.24, 2.45) is 5.92 Å². The second-order valence-corrected chi connectivity index (χ2v) is 6.98. The zero-order valence-corrected chi connectivity index (χ0v) is 15.7. The average Bonchev–Trinajstić information content (AvgIpc) is 3.35. The van der Waals surface area contributed by atoms with Crippen LogP contribution in [0.5, 0.6) is 11.6 Å². The highest BCUT2D eigenvalue weighted by Gasteiger charge is 2.39. The Morgan fingerprint density at radius 2 is 2.00 bits per heavy atom. The minimum absolute atomic E-state index is 0.00890. The number of nitrogens with zero attached hydrogens (tertiary/aromatic N) is 4. The maximum Gasteiger partial charge on any atom is 0.233 e. The third-order valence-corrected chi connectivity index (χ3v) is 5.15. The first-order chi connectivity index (χ1) is 13.6. The van der Waals surface area contributed by atoms with Crippen LogP contribution in [0, 0.1) is 5.92 Å². The average molecular weight is 382 g/mol. The molecule has 0 spiro atoms. The van der Waals surface area contributed by atoms with E-state index in [4.69, 9.17) is 9.47 Å². The van der Waals surface area contributed by atoms with Gasteiger partial charge in [0.05, 0.1) is 19.6 Å². The second kappa shape index (κ2) is 7.84. The summed E-state index contributed by atoms with van der Waals surface area (Å²) in [4.78, 5) is 28.8. The number of hydrogen-bond acceptors (Lipinski definition) is 6. The molecule has 1 aromatic heterocycles. The number of carbonyl (C=O) groups excluding carboxylic acids is 2.